The Labute approximate surface area is 248 Å². The average molecular weight is 608 g/mol. The molecule has 8 nitrogen and oxygen atoms in total. The Morgan fingerprint density at radius 3 is 2.49 bits per heavy atom. The number of nitrogens with zero attached hydrogens (tertiary/aromatic N) is 4. The minimum atomic E-state index is -2.96. The summed E-state index contributed by atoms with van der Waals surface area (Å²) in [5.74, 6) is 1.22. The molecule has 212 valence electrons. The van der Waals surface area contributed by atoms with E-state index in [-0.39, 0.29) is 29.2 Å². The Morgan fingerprint density at radius 2 is 1.80 bits per heavy atom. The van der Waals surface area contributed by atoms with Gasteiger partial charge in [-0.25, -0.2) is 13.4 Å². The van der Waals surface area contributed by atoms with Crippen LogP contribution in [0, 0.1) is 29.1 Å². The van der Waals surface area contributed by atoms with Crippen molar-refractivity contribution in [1.82, 2.24) is 15.3 Å². The average Bonchev–Trinajstić information content (AvgIpc) is 3.88. The number of sulfone groups is 1. The second-order valence-corrected chi connectivity index (χ2v) is 15.7. The number of thiazole rings is 1. The largest absolute Gasteiger partial charge is 0.369 e. The molecule has 4 aliphatic rings. The molecule has 3 heterocycles. The summed E-state index contributed by atoms with van der Waals surface area (Å²) < 4.78 is 23.8. The first-order valence-electron chi connectivity index (χ1n) is 14.1. The van der Waals surface area contributed by atoms with Crippen molar-refractivity contribution in [2.45, 2.75) is 43.6 Å². The van der Waals surface area contributed by atoms with Gasteiger partial charge in [0.15, 0.2) is 9.84 Å². The number of pyridine rings is 1. The lowest BCUT2D eigenvalue weighted by Gasteiger charge is -2.31. The lowest BCUT2D eigenvalue weighted by atomic mass is 9.76. The Morgan fingerprint density at radius 1 is 1.07 bits per heavy atom. The van der Waals surface area contributed by atoms with E-state index in [1.807, 2.05) is 18.2 Å². The van der Waals surface area contributed by atoms with Crippen LogP contribution in [-0.2, 0) is 14.6 Å². The van der Waals surface area contributed by atoms with Gasteiger partial charge < -0.3 is 10.2 Å². The van der Waals surface area contributed by atoms with Crippen molar-refractivity contribution in [3.05, 3.63) is 53.4 Å². The zero-order valence-electron chi connectivity index (χ0n) is 22.4. The van der Waals surface area contributed by atoms with E-state index in [9.17, 15) is 18.5 Å². The highest BCUT2D eigenvalue weighted by molar-refractivity contribution is 7.91. The first-order chi connectivity index (χ1) is 19.7. The molecule has 4 fully saturated rings. The zero-order chi connectivity index (χ0) is 28.4. The summed E-state index contributed by atoms with van der Waals surface area (Å²) in [5, 5.41) is 14.0. The predicted molar refractivity (Wildman–Crippen MR) is 159 cm³/mol. The van der Waals surface area contributed by atoms with Crippen molar-refractivity contribution in [2.24, 2.45) is 17.8 Å². The Hall–Kier alpha value is -3.00. The Kier molecular flexibility index (Phi) is 6.60. The van der Waals surface area contributed by atoms with E-state index in [1.54, 1.807) is 23.7 Å². The first kappa shape index (κ1) is 26.9. The summed E-state index contributed by atoms with van der Waals surface area (Å²) in [5.41, 5.74) is 3.07. The maximum Gasteiger partial charge on any atom is 0.225 e. The molecule has 1 N–H and O–H groups in total. The monoisotopic (exact) mass is 607 g/mol. The van der Waals surface area contributed by atoms with Crippen molar-refractivity contribution in [3.8, 4) is 27.1 Å². The number of carbonyl (C=O) groups excluding carboxylic acids is 1. The van der Waals surface area contributed by atoms with E-state index in [0.29, 0.717) is 42.8 Å². The van der Waals surface area contributed by atoms with Gasteiger partial charge in [-0.15, -0.1) is 11.3 Å². The number of nitriles is 1. The third-order valence-corrected chi connectivity index (χ3v) is 12.1. The van der Waals surface area contributed by atoms with Gasteiger partial charge in [-0.3, -0.25) is 9.78 Å². The number of halogens is 1. The fraction of sp³-hybridized carbons (Fsp3) is 0.467. The molecule has 7 rings (SSSR count). The standard InChI is InChI=1S/C30H30ClN5O3S2/c31-22-12-21(15-33-16-22)29-34-26(24-13-19-11-20(19)14-25(24)28(37)35-30(17-32)5-6-30)27(40-29)18-1-3-23(4-2-18)36-7-9-41(38,39)10-8-36/h1-4,12,15-16,19-20,24-25H,5-11,13-14H2,(H,35,37)/t19?,20-,24?,25?/m0/s1. The molecule has 0 spiro atoms. The van der Waals surface area contributed by atoms with Gasteiger partial charge in [0, 0.05) is 48.6 Å². The van der Waals surface area contributed by atoms with Crippen LogP contribution in [0.2, 0.25) is 5.02 Å². The van der Waals surface area contributed by atoms with Crippen molar-refractivity contribution >= 4 is 44.4 Å². The highest BCUT2D eigenvalue weighted by Crippen LogP contribution is 2.58. The Balaban J connectivity index is 1.25. The van der Waals surface area contributed by atoms with Gasteiger partial charge >= 0.3 is 0 Å². The topological polar surface area (TPSA) is 116 Å². The molecule has 3 aromatic rings. The molecule has 0 radical (unpaired) electrons. The molecule has 2 aromatic heterocycles. The molecule has 3 unspecified atom stereocenters. The summed E-state index contributed by atoms with van der Waals surface area (Å²) in [4.78, 5) is 26.2. The minimum Gasteiger partial charge on any atom is -0.369 e. The smallest absolute Gasteiger partial charge is 0.225 e. The summed E-state index contributed by atoms with van der Waals surface area (Å²) in [6.07, 6.45) is 7.66. The van der Waals surface area contributed by atoms with Crippen LogP contribution in [-0.4, -0.2) is 54.4 Å². The van der Waals surface area contributed by atoms with Crippen LogP contribution in [0.1, 0.15) is 43.7 Å². The van der Waals surface area contributed by atoms with Crippen LogP contribution in [0.5, 0.6) is 0 Å². The molecule has 3 saturated carbocycles. The van der Waals surface area contributed by atoms with Gasteiger partial charge in [-0.05, 0) is 67.7 Å². The summed E-state index contributed by atoms with van der Waals surface area (Å²) in [6, 6.07) is 12.4. The molecule has 11 heteroatoms. The molecule has 3 aliphatic carbocycles. The number of hydrogen-bond donors (Lipinski definition) is 1. The van der Waals surface area contributed by atoms with Crippen molar-refractivity contribution < 1.29 is 13.2 Å². The first-order valence-corrected chi connectivity index (χ1v) is 17.1. The number of fused-ring (bicyclic) bond motifs is 1. The van der Waals surface area contributed by atoms with Gasteiger partial charge in [-0.2, -0.15) is 5.26 Å². The van der Waals surface area contributed by atoms with Crippen molar-refractivity contribution in [3.63, 3.8) is 0 Å². The number of carbonyl (C=O) groups is 1. The summed E-state index contributed by atoms with van der Waals surface area (Å²) in [6.45, 7) is 0.982. The van der Waals surface area contributed by atoms with E-state index < -0.39 is 15.4 Å². The molecular weight excluding hydrogens is 578 g/mol. The number of benzene rings is 1. The van der Waals surface area contributed by atoms with Crippen LogP contribution in [0.4, 0.5) is 5.69 Å². The molecule has 1 saturated heterocycles. The molecule has 1 amide bonds. The SMILES string of the molecule is N#CC1(NC(=O)C2C[C@@H]3CC3CC2c2nc(-c3cncc(Cl)c3)sc2-c2ccc(N3CCS(=O)(=O)CC3)cc2)CC1. The molecule has 41 heavy (non-hydrogen) atoms. The van der Waals surface area contributed by atoms with E-state index in [4.69, 9.17) is 16.6 Å². The van der Waals surface area contributed by atoms with Crippen LogP contribution in [0.25, 0.3) is 21.0 Å². The molecular formula is C30H30ClN5O3S2. The van der Waals surface area contributed by atoms with E-state index in [0.717, 1.165) is 51.7 Å². The lowest BCUT2D eigenvalue weighted by molar-refractivity contribution is -0.127. The quantitative estimate of drug-likeness (QED) is 0.416. The minimum absolute atomic E-state index is 0.0280. The molecule has 1 aromatic carbocycles. The fourth-order valence-corrected chi connectivity index (χ4v) is 8.91. The number of rotatable bonds is 6. The zero-order valence-corrected chi connectivity index (χ0v) is 24.8. The van der Waals surface area contributed by atoms with Crippen LogP contribution in [0.3, 0.4) is 0 Å². The second-order valence-electron chi connectivity index (χ2n) is 11.9. The van der Waals surface area contributed by atoms with Gasteiger partial charge in [0.25, 0.3) is 0 Å². The van der Waals surface area contributed by atoms with E-state index in [2.05, 4.69) is 33.4 Å². The van der Waals surface area contributed by atoms with Crippen LogP contribution < -0.4 is 10.2 Å². The molecule has 4 atom stereocenters. The van der Waals surface area contributed by atoms with Crippen LogP contribution >= 0.6 is 22.9 Å². The third-order valence-electron chi connectivity index (χ3n) is 9.13. The number of anilines is 1. The second kappa shape index (κ2) is 10.1. The van der Waals surface area contributed by atoms with Crippen LogP contribution in [0.15, 0.2) is 42.7 Å². The summed E-state index contributed by atoms with van der Waals surface area (Å²) in [7, 11) is -2.96. The normalized spacial score (nSPS) is 27.4. The molecule has 1 aliphatic heterocycles. The van der Waals surface area contributed by atoms with Gasteiger partial charge in [0.1, 0.15) is 10.5 Å². The van der Waals surface area contributed by atoms with Gasteiger partial charge in [-0.1, -0.05) is 23.7 Å². The number of nitrogens with one attached hydrogen (secondary N) is 1. The maximum atomic E-state index is 13.6. The fourth-order valence-electron chi connectivity index (χ4n) is 6.42. The van der Waals surface area contributed by atoms with E-state index in [1.165, 1.54) is 0 Å². The lowest BCUT2D eigenvalue weighted by Crippen LogP contribution is -2.43. The molecule has 0 bridgehead atoms. The number of aromatic nitrogens is 2. The maximum absolute atomic E-state index is 13.6. The van der Waals surface area contributed by atoms with Gasteiger partial charge in [0.2, 0.25) is 5.91 Å². The predicted octanol–water partition coefficient (Wildman–Crippen LogP) is 5.06. The third kappa shape index (κ3) is 5.36. The number of amides is 1. The van der Waals surface area contributed by atoms with E-state index >= 15 is 0 Å². The van der Waals surface area contributed by atoms with Gasteiger partial charge in [0.05, 0.1) is 33.2 Å². The highest BCUT2D eigenvalue weighted by atomic mass is 35.5. The highest BCUT2D eigenvalue weighted by Gasteiger charge is 2.52. The number of hydrogen-bond acceptors (Lipinski definition) is 8. The Bertz CT molecular complexity index is 1650. The van der Waals surface area contributed by atoms with Crippen molar-refractivity contribution in [1.29, 1.82) is 5.26 Å². The van der Waals surface area contributed by atoms with Crippen molar-refractivity contribution in [2.75, 3.05) is 29.5 Å². The summed E-state index contributed by atoms with van der Waals surface area (Å²) >= 11 is 7.86.